The van der Waals surface area contributed by atoms with Crippen LogP contribution in [0.4, 0.5) is 13.2 Å². The predicted molar refractivity (Wildman–Crippen MR) is 128 cm³/mol. The molecule has 1 aliphatic heterocycles. The molecule has 0 saturated carbocycles. The van der Waals surface area contributed by atoms with Crippen LogP contribution in [0.25, 0.3) is 22.0 Å². The Kier molecular flexibility index (Phi) is 5.77. The molecule has 4 nitrogen and oxygen atoms in total. The molecule has 0 spiro atoms. The lowest BCUT2D eigenvalue weighted by Crippen LogP contribution is -2.18. The van der Waals surface area contributed by atoms with E-state index < -0.39 is 6.36 Å². The SMILES string of the molecule is Cc1cc(Oc2ccc(OC(F)(F)F)cc2)ccc1-c1ccc2[nH]c3c(c(=O)c2c1)CSCC3. The summed E-state index contributed by atoms with van der Waals surface area (Å²) in [5.41, 5.74) is 5.68. The molecule has 34 heavy (non-hydrogen) atoms. The van der Waals surface area contributed by atoms with Crippen LogP contribution < -0.4 is 14.9 Å². The highest BCUT2D eigenvalue weighted by atomic mass is 32.2. The quantitative estimate of drug-likeness (QED) is 0.340. The van der Waals surface area contributed by atoms with E-state index in [-0.39, 0.29) is 11.2 Å². The molecule has 1 aliphatic rings. The van der Waals surface area contributed by atoms with E-state index >= 15 is 0 Å². The first kappa shape index (κ1) is 22.4. The smallest absolute Gasteiger partial charge is 0.457 e. The van der Waals surface area contributed by atoms with Gasteiger partial charge in [-0.2, -0.15) is 11.8 Å². The van der Waals surface area contributed by atoms with E-state index in [1.165, 1.54) is 24.3 Å². The van der Waals surface area contributed by atoms with Crippen molar-refractivity contribution in [2.75, 3.05) is 5.75 Å². The van der Waals surface area contributed by atoms with Gasteiger partial charge in [-0.25, -0.2) is 0 Å². The Bertz CT molecular complexity index is 1430. The fraction of sp³-hybridized carbons (Fsp3) is 0.192. The number of hydrogen-bond donors (Lipinski definition) is 1. The molecule has 8 heteroatoms. The van der Waals surface area contributed by atoms with Crippen LogP contribution in [0.5, 0.6) is 17.2 Å². The summed E-state index contributed by atoms with van der Waals surface area (Å²) >= 11 is 1.78. The fourth-order valence-corrected chi connectivity index (χ4v) is 5.13. The minimum atomic E-state index is -4.73. The second-order valence-corrected chi connectivity index (χ2v) is 9.18. The van der Waals surface area contributed by atoms with Crippen LogP contribution in [0.15, 0.2) is 65.5 Å². The number of alkyl halides is 3. The molecular weight excluding hydrogens is 463 g/mol. The molecule has 1 N–H and O–H groups in total. The molecule has 2 heterocycles. The molecule has 0 atom stereocenters. The van der Waals surface area contributed by atoms with Crippen LogP contribution in [-0.4, -0.2) is 17.1 Å². The Morgan fingerprint density at radius 1 is 0.941 bits per heavy atom. The Balaban J connectivity index is 1.40. The minimum absolute atomic E-state index is 0.0911. The number of aromatic nitrogens is 1. The van der Waals surface area contributed by atoms with Gasteiger partial charge in [0.25, 0.3) is 0 Å². The maximum atomic E-state index is 13.1. The van der Waals surface area contributed by atoms with Gasteiger partial charge in [0, 0.05) is 27.9 Å². The van der Waals surface area contributed by atoms with Gasteiger partial charge in [-0.3, -0.25) is 4.79 Å². The Morgan fingerprint density at radius 3 is 2.41 bits per heavy atom. The first-order chi connectivity index (χ1) is 16.3. The average Bonchev–Trinajstić information content (AvgIpc) is 2.80. The van der Waals surface area contributed by atoms with Crippen LogP contribution in [0.2, 0.25) is 0 Å². The molecule has 0 bridgehead atoms. The molecule has 0 aliphatic carbocycles. The molecule has 5 rings (SSSR count). The number of benzene rings is 3. The zero-order chi connectivity index (χ0) is 23.9. The molecule has 4 aromatic rings. The van der Waals surface area contributed by atoms with Gasteiger partial charge < -0.3 is 14.5 Å². The lowest BCUT2D eigenvalue weighted by Gasteiger charge is -2.16. The monoisotopic (exact) mass is 483 g/mol. The molecule has 0 unspecified atom stereocenters. The maximum Gasteiger partial charge on any atom is 0.573 e. The summed E-state index contributed by atoms with van der Waals surface area (Å²) in [6, 6.07) is 16.7. The van der Waals surface area contributed by atoms with Crippen LogP contribution >= 0.6 is 11.8 Å². The molecular formula is C26H20F3NO3S. The van der Waals surface area contributed by atoms with Gasteiger partial charge in [0.15, 0.2) is 5.43 Å². The molecule has 3 aromatic carbocycles. The number of H-pyrrole nitrogens is 1. The number of halogens is 3. The highest BCUT2D eigenvalue weighted by Gasteiger charge is 2.31. The Hall–Kier alpha value is -3.39. The van der Waals surface area contributed by atoms with E-state index in [1.54, 1.807) is 17.8 Å². The maximum absolute atomic E-state index is 13.1. The van der Waals surface area contributed by atoms with Crippen LogP contribution in [0.1, 0.15) is 16.8 Å². The van der Waals surface area contributed by atoms with E-state index in [9.17, 15) is 18.0 Å². The first-order valence-electron chi connectivity index (χ1n) is 10.7. The van der Waals surface area contributed by atoms with E-state index in [0.29, 0.717) is 16.9 Å². The van der Waals surface area contributed by atoms with Crippen LogP contribution in [0.3, 0.4) is 0 Å². The number of rotatable bonds is 4. The van der Waals surface area contributed by atoms with Crippen molar-refractivity contribution in [1.82, 2.24) is 4.98 Å². The Labute approximate surface area is 197 Å². The normalized spacial score (nSPS) is 13.5. The zero-order valence-corrected chi connectivity index (χ0v) is 19.0. The number of pyridine rings is 1. The molecule has 0 saturated heterocycles. The first-order valence-corrected chi connectivity index (χ1v) is 11.8. The number of nitrogens with one attached hydrogen (secondary N) is 1. The van der Waals surface area contributed by atoms with Crippen molar-refractivity contribution in [3.05, 3.63) is 87.7 Å². The molecule has 174 valence electrons. The number of ether oxygens (including phenoxy) is 2. The van der Waals surface area contributed by atoms with Gasteiger partial charge in [-0.05, 0) is 84.3 Å². The van der Waals surface area contributed by atoms with E-state index in [2.05, 4.69) is 9.72 Å². The van der Waals surface area contributed by atoms with Crippen LogP contribution in [0, 0.1) is 6.92 Å². The number of aryl methyl sites for hydroxylation is 2. The topological polar surface area (TPSA) is 51.3 Å². The van der Waals surface area contributed by atoms with E-state index in [0.717, 1.165) is 51.4 Å². The van der Waals surface area contributed by atoms with Gasteiger partial charge in [-0.1, -0.05) is 12.1 Å². The number of thioether (sulfide) groups is 1. The highest BCUT2D eigenvalue weighted by Crippen LogP contribution is 2.32. The molecule has 0 amide bonds. The highest BCUT2D eigenvalue weighted by molar-refractivity contribution is 7.98. The van der Waals surface area contributed by atoms with Gasteiger partial charge in [0.05, 0.1) is 0 Å². The summed E-state index contributed by atoms with van der Waals surface area (Å²) in [7, 11) is 0. The minimum Gasteiger partial charge on any atom is -0.457 e. The van der Waals surface area contributed by atoms with E-state index in [4.69, 9.17) is 4.74 Å². The largest absolute Gasteiger partial charge is 0.573 e. The van der Waals surface area contributed by atoms with Gasteiger partial charge in [0.1, 0.15) is 17.2 Å². The standard InChI is InChI=1S/C26H20F3NO3S/c1-15-12-19(32-17-3-5-18(6-4-17)33-26(27,28)29)7-8-20(15)16-2-9-23-21(13-16)25(31)22-14-34-11-10-24(22)30-23/h2-9,12-13H,10-11,14H2,1H3,(H,30,31). The number of hydrogen-bond acceptors (Lipinski definition) is 4. The van der Waals surface area contributed by atoms with Crippen molar-refractivity contribution < 1.29 is 22.6 Å². The summed E-state index contributed by atoms with van der Waals surface area (Å²) < 4.78 is 46.6. The van der Waals surface area contributed by atoms with Gasteiger partial charge >= 0.3 is 6.36 Å². The zero-order valence-electron chi connectivity index (χ0n) is 18.2. The second kappa shape index (κ2) is 8.76. The van der Waals surface area contributed by atoms with Crippen molar-refractivity contribution in [2.45, 2.75) is 25.5 Å². The third-order valence-electron chi connectivity index (χ3n) is 5.73. The lowest BCUT2D eigenvalue weighted by atomic mass is 9.97. The molecule has 0 radical (unpaired) electrons. The van der Waals surface area contributed by atoms with Gasteiger partial charge in [-0.15, -0.1) is 13.2 Å². The summed E-state index contributed by atoms with van der Waals surface area (Å²) in [6.45, 7) is 1.94. The average molecular weight is 484 g/mol. The summed E-state index contributed by atoms with van der Waals surface area (Å²) in [5, 5.41) is 0.680. The van der Waals surface area contributed by atoms with Gasteiger partial charge in [0.2, 0.25) is 0 Å². The second-order valence-electron chi connectivity index (χ2n) is 8.07. The number of fused-ring (bicyclic) bond motifs is 2. The number of aromatic amines is 1. The summed E-state index contributed by atoms with van der Waals surface area (Å²) in [6.07, 6.45) is -3.85. The van der Waals surface area contributed by atoms with Crippen molar-refractivity contribution >= 4 is 22.7 Å². The van der Waals surface area contributed by atoms with Crippen molar-refractivity contribution in [3.8, 4) is 28.4 Å². The Morgan fingerprint density at radius 2 is 1.68 bits per heavy atom. The van der Waals surface area contributed by atoms with Crippen molar-refractivity contribution in [2.24, 2.45) is 0 Å². The van der Waals surface area contributed by atoms with Crippen molar-refractivity contribution in [3.63, 3.8) is 0 Å². The molecule has 0 fully saturated rings. The lowest BCUT2D eigenvalue weighted by molar-refractivity contribution is -0.274. The van der Waals surface area contributed by atoms with Crippen LogP contribution in [-0.2, 0) is 12.2 Å². The fourth-order valence-electron chi connectivity index (χ4n) is 4.13. The molecule has 1 aromatic heterocycles. The van der Waals surface area contributed by atoms with E-state index in [1.807, 2.05) is 37.3 Å². The van der Waals surface area contributed by atoms with Crippen molar-refractivity contribution in [1.29, 1.82) is 0 Å². The third kappa shape index (κ3) is 4.63. The summed E-state index contributed by atoms with van der Waals surface area (Å²) in [4.78, 5) is 16.5. The summed E-state index contributed by atoms with van der Waals surface area (Å²) in [5.74, 6) is 2.39. The predicted octanol–water partition coefficient (Wildman–Crippen LogP) is 6.98. The third-order valence-corrected chi connectivity index (χ3v) is 6.72.